The molecule has 60 valence electrons. The van der Waals surface area contributed by atoms with Gasteiger partial charge in [-0.25, -0.2) is 0 Å². The van der Waals surface area contributed by atoms with Gasteiger partial charge in [-0.2, -0.15) is 0 Å². The van der Waals surface area contributed by atoms with Crippen molar-refractivity contribution < 1.29 is 9.84 Å². The van der Waals surface area contributed by atoms with Crippen LogP contribution in [0.4, 0.5) is 0 Å². The largest absolute Gasteiger partial charge is 0.473 e. The number of aliphatic hydroxyl groups excluding tert-OH is 1. The highest BCUT2D eigenvalue weighted by Gasteiger charge is 1.97. The van der Waals surface area contributed by atoms with E-state index in [9.17, 15) is 0 Å². The SMILES string of the molecule is CC/C=C/OC(O)CCC. The van der Waals surface area contributed by atoms with E-state index in [1.165, 1.54) is 0 Å². The van der Waals surface area contributed by atoms with Gasteiger partial charge in [-0.15, -0.1) is 0 Å². The molecule has 0 aromatic heterocycles. The van der Waals surface area contributed by atoms with Crippen LogP contribution in [0.15, 0.2) is 12.3 Å². The lowest BCUT2D eigenvalue weighted by Gasteiger charge is -2.06. The summed E-state index contributed by atoms with van der Waals surface area (Å²) in [5.74, 6) is 0. The Balaban J connectivity index is 3.20. The van der Waals surface area contributed by atoms with E-state index in [2.05, 4.69) is 0 Å². The van der Waals surface area contributed by atoms with Crippen molar-refractivity contribution >= 4 is 0 Å². The molecule has 0 aliphatic carbocycles. The van der Waals surface area contributed by atoms with E-state index in [1.807, 2.05) is 19.9 Å². The Hall–Kier alpha value is -0.500. The highest BCUT2D eigenvalue weighted by atomic mass is 16.6. The Morgan fingerprint density at radius 1 is 1.50 bits per heavy atom. The molecule has 2 nitrogen and oxygen atoms in total. The fourth-order valence-corrected chi connectivity index (χ4v) is 0.557. The fourth-order valence-electron chi connectivity index (χ4n) is 0.557. The van der Waals surface area contributed by atoms with Gasteiger partial charge < -0.3 is 9.84 Å². The van der Waals surface area contributed by atoms with Crippen molar-refractivity contribution in [3.63, 3.8) is 0 Å². The minimum absolute atomic E-state index is 0.618. The first-order chi connectivity index (χ1) is 4.81. The summed E-state index contributed by atoms with van der Waals surface area (Å²) in [5.41, 5.74) is 0. The molecule has 1 unspecified atom stereocenters. The Labute approximate surface area is 62.5 Å². The van der Waals surface area contributed by atoms with Crippen LogP contribution in [0.5, 0.6) is 0 Å². The predicted molar refractivity (Wildman–Crippen MR) is 41.4 cm³/mol. The molecule has 1 atom stereocenters. The summed E-state index contributed by atoms with van der Waals surface area (Å²) in [6.45, 7) is 4.03. The van der Waals surface area contributed by atoms with Crippen LogP contribution < -0.4 is 0 Å². The van der Waals surface area contributed by atoms with Gasteiger partial charge in [-0.1, -0.05) is 20.3 Å². The lowest BCUT2D eigenvalue weighted by atomic mass is 10.3. The van der Waals surface area contributed by atoms with Crippen molar-refractivity contribution in [1.29, 1.82) is 0 Å². The van der Waals surface area contributed by atoms with Crippen LogP contribution in [0.2, 0.25) is 0 Å². The Kier molecular flexibility index (Phi) is 6.29. The van der Waals surface area contributed by atoms with E-state index >= 15 is 0 Å². The van der Waals surface area contributed by atoms with Gasteiger partial charge in [0.2, 0.25) is 0 Å². The van der Waals surface area contributed by atoms with E-state index in [0.717, 1.165) is 12.8 Å². The molecular formula is C8H16O2. The van der Waals surface area contributed by atoms with Gasteiger partial charge in [0.25, 0.3) is 0 Å². The number of allylic oxidation sites excluding steroid dienone is 1. The van der Waals surface area contributed by atoms with Gasteiger partial charge in [0.1, 0.15) is 0 Å². The van der Waals surface area contributed by atoms with Crippen LogP contribution in [-0.4, -0.2) is 11.4 Å². The second-order valence-electron chi connectivity index (χ2n) is 2.16. The van der Waals surface area contributed by atoms with Crippen molar-refractivity contribution in [2.45, 2.75) is 39.4 Å². The predicted octanol–water partition coefficient (Wildman–Crippen LogP) is 2.05. The Morgan fingerprint density at radius 2 is 2.20 bits per heavy atom. The standard InChI is InChI=1S/C8H16O2/c1-3-5-7-10-8(9)6-4-2/h5,7-9H,3-4,6H2,1-2H3/b7-5+. The molecule has 0 radical (unpaired) electrons. The third kappa shape index (κ3) is 5.63. The van der Waals surface area contributed by atoms with Crippen molar-refractivity contribution in [1.82, 2.24) is 0 Å². The first-order valence-electron chi connectivity index (χ1n) is 3.79. The summed E-state index contributed by atoms with van der Waals surface area (Å²) in [5, 5.41) is 9.00. The number of hydrogen-bond donors (Lipinski definition) is 1. The van der Waals surface area contributed by atoms with Crippen LogP contribution in [0.1, 0.15) is 33.1 Å². The Morgan fingerprint density at radius 3 is 2.70 bits per heavy atom. The summed E-state index contributed by atoms with van der Waals surface area (Å²) in [6.07, 6.45) is 5.40. The topological polar surface area (TPSA) is 29.5 Å². The van der Waals surface area contributed by atoms with E-state index < -0.39 is 6.29 Å². The van der Waals surface area contributed by atoms with Gasteiger partial charge in [0, 0.05) is 6.42 Å². The summed E-state index contributed by atoms with van der Waals surface area (Å²) in [6, 6.07) is 0. The van der Waals surface area contributed by atoms with E-state index in [4.69, 9.17) is 9.84 Å². The molecule has 0 heterocycles. The first kappa shape index (κ1) is 9.50. The van der Waals surface area contributed by atoms with Gasteiger partial charge in [-0.3, -0.25) is 0 Å². The smallest absolute Gasteiger partial charge is 0.196 e. The molecule has 0 aliphatic rings. The molecule has 2 heteroatoms. The molecule has 0 spiro atoms. The third-order valence-electron chi connectivity index (χ3n) is 1.10. The molecule has 0 fully saturated rings. The monoisotopic (exact) mass is 144 g/mol. The molecular weight excluding hydrogens is 128 g/mol. The zero-order valence-corrected chi connectivity index (χ0v) is 6.71. The minimum atomic E-state index is -0.618. The maximum absolute atomic E-state index is 9.00. The van der Waals surface area contributed by atoms with Gasteiger partial charge >= 0.3 is 0 Å². The molecule has 0 bridgehead atoms. The highest BCUT2D eigenvalue weighted by Crippen LogP contribution is 1.98. The molecule has 0 aliphatic heterocycles. The molecule has 1 N–H and O–H groups in total. The van der Waals surface area contributed by atoms with Crippen molar-refractivity contribution in [2.75, 3.05) is 0 Å². The van der Waals surface area contributed by atoms with Gasteiger partial charge in [0.15, 0.2) is 6.29 Å². The van der Waals surface area contributed by atoms with Crippen LogP contribution in [0, 0.1) is 0 Å². The number of hydrogen-bond acceptors (Lipinski definition) is 2. The van der Waals surface area contributed by atoms with Gasteiger partial charge in [0.05, 0.1) is 6.26 Å². The number of ether oxygens (including phenoxy) is 1. The maximum atomic E-state index is 9.00. The van der Waals surface area contributed by atoms with E-state index in [-0.39, 0.29) is 0 Å². The van der Waals surface area contributed by atoms with Crippen LogP contribution in [-0.2, 0) is 4.74 Å². The van der Waals surface area contributed by atoms with Crippen LogP contribution >= 0.6 is 0 Å². The highest BCUT2D eigenvalue weighted by molar-refractivity contribution is 4.70. The normalized spacial score (nSPS) is 13.9. The third-order valence-corrected chi connectivity index (χ3v) is 1.10. The zero-order valence-electron chi connectivity index (χ0n) is 6.71. The van der Waals surface area contributed by atoms with Crippen molar-refractivity contribution in [2.24, 2.45) is 0 Å². The van der Waals surface area contributed by atoms with E-state index in [0.29, 0.717) is 6.42 Å². The quantitative estimate of drug-likeness (QED) is 0.472. The first-order valence-corrected chi connectivity index (χ1v) is 3.79. The van der Waals surface area contributed by atoms with Crippen LogP contribution in [0.3, 0.4) is 0 Å². The van der Waals surface area contributed by atoms with Gasteiger partial charge in [-0.05, 0) is 12.5 Å². The second kappa shape index (κ2) is 6.62. The lowest BCUT2D eigenvalue weighted by Crippen LogP contribution is -2.06. The second-order valence-corrected chi connectivity index (χ2v) is 2.16. The molecule has 0 saturated carbocycles. The fraction of sp³-hybridized carbons (Fsp3) is 0.750. The summed E-state index contributed by atoms with van der Waals surface area (Å²) in [4.78, 5) is 0. The maximum Gasteiger partial charge on any atom is 0.196 e. The summed E-state index contributed by atoms with van der Waals surface area (Å²) < 4.78 is 4.90. The average molecular weight is 144 g/mol. The molecule has 10 heavy (non-hydrogen) atoms. The zero-order chi connectivity index (χ0) is 7.82. The van der Waals surface area contributed by atoms with Crippen molar-refractivity contribution in [3.05, 3.63) is 12.3 Å². The lowest BCUT2D eigenvalue weighted by molar-refractivity contribution is -0.0564. The molecule has 0 saturated heterocycles. The Bertz CT molecular complexity index is 89.3. The van der Waals surface area contributed by atoms with Crippen molar-refractivity contribution in [3.8, 4) is 0 Å². The van der Waals surface area contributed by atoms with E-state index in [1.54, 1.807) is 6.26 Å². The summed E-state index contributed by atoms with van der Waals surface area (Å²) >= 11 is 0. The van der Waals surface area contributed by atoms with Crippen LogP contribution in [0.25, 0.3) is 0 Å². The molecule has 0 aromatic carbocycles. The average Bonchev–Trinajstić information content (AvgIpc) is 1.89. The molecule has 0 amide bonds. The minimum Gasteiger partial charge on any atom is -0.473 e. The number of aliphatic hydroxyl groups is 1. The molecule has 0 aromatic rings. The number of rotatable bonds is 5. The molecule has 0 rings (SSSR count). The summed E-state index contributed by atoms with van der Waals surface area (Å²) in [7, 11) is 0.